The molecule has 14 heteroatoms. The number of allylic oxidation sites excluding steroid dienone is 2. The highest BCUT2D eigenvalue weighted by molar-refractivity contribution is 6.08. The molecule has 0 aliphatic carbocycles. The van der Waals surface area contributed by atoms with Crippen LogP contribution in [0.3, 0.4) is 0 Å². The molecule has 3 amide bonds. The zero-order valence-electron chi connectivity index (χ0n) is 28.4. The number of hydrogen-bond acceptors (Lipinski definition) is 10. The van der Waals surface area contributed by atoms with Gasteiger partial charge in [0.1, 0.15) is 23.3 Å². The summed E-state index contributed by atoms with van der Waals surface area (Å²) in [7, 11) is 4.47. The summed E-state index contributed by atoms with van der Waals surface area (Å²) in [5.41, 5.74) is 7.31. The van der Waals surface area contributed by atoms with Gasteiger partial charge < -0.3 is 45.9 Å². The summed E-state index contributed by atoms with van der Waals surface area (Å²) in [4.78, 5) is 38.2. The van der Waals surface area contributed by atoms with Crippen LogP contribution in [0.1, 0.15) is 55.9 Å². The van der Waals surface area contributed by atoms with E-state index in [0.717, 1.165) is 6.07 Å². The third kappa shape index (κ3) is 9.12. The topological polar surface area (TPSA) is 207 Å². The summed E-state index contributed by atoms with van der Waals surface area (Å²) in [5.74, 6) is -2.56. The Morgan fingerprint density at radius 2 is 1.81 bits per heavy atom. The molecule has 7 N–H and O–H groups in total. The third-order valence-corrected chi connectivity index (χ3v) is 7.97. The van der Waals surface area contributed by atoms with Gasteiger partial charge in [-0.2, -0.15) is 5.10 Å². The van der Waals surface area contributed by atoms with Crippen molar-refractivity contribution in [3.8, 4) is 11.5 Å². The van der Waals surface area contributed by atoms with Gasteiger partial charge in [0.15, 0.2) is 6.10 Å². The number of aliphatic hydroxyl groups is 1. The van der Waals surface area contributed by atoms with E-state index in [0.29, 0.717) is 16.8 Å². The molecule has 0 saturated heterocycles. The van der Waals surface area contributed by atoms with Crippen LogP contribution in [-0.2, 0) is 26.1 Å². The van der Waals surface area contributed by atoms with Gasteiger partial charge in [0, 0.05) is 44.4 Å². The molecule has 1 aromatic carbocycles. The minimum absolute atomic E-state index is 0.0111. The van der Waals surface area contributed by atoms with E-state index in [1.807, 2.05) is 0 Å². The number of aryl methyl sites for hydroxylation is 2. The number of carbonyl (C=O) groups excluding carboxylic acids is 3. The molecule has 2 aromatic rings. The van der Waals surface area contributed by atoms with Crippen molar-refractivity contribution in [2.75, 3.05) is 24.9 Å². The van der Waals surface area contributed by atoms with Crippen molar-refractivity contribution in [3.05, 3.63) is 70.1 Å². The number of rotatable bonds is 5. The van der Waals surface area contributed by atoms with Gasteiger partial charge in [-0.05, 0) is 51.8 Å². The van der Waals surface area contributed by atoms with E-state index in [1.54, 1.807) is 53.0 Å². The number of nitrogens with two attached hydrogens (primary N) is 1. The number of methoxy groups -OCH3 is 2. The summed E-state index contributed by atoms with van der Waals surface area (Å²) in [5, 5.41) is 43.3. The lowest BCUT2D eigenvalue weighted by Gasteiger charge is -2.28. The number of nitrogens with one attached hydrogen (secondary N) is 2. The Kier molecular flexibility index (Phi) is 12.7. The van der Waals surface area contributed by atoms with Crippen LogP contribution in [0, 0.1) is 12.8 Å². The molecule has 3 rings (SSSR count). The van der Waals surface area contributed by atoms with Crippen LogP contribution < -0.4 is 16.4 Å². The first kappa shape index (κ1) is 37.5. The van der Waals surface area contributed by atoms with Gasteiger partial charge in [-0.25, -0.2) is 4.79 Å². The molecule has 0 radical (unpaired) electrons. The second-order valence-corrected chi connectivity index (χ2v) is 11.8. The van der Waals surface area contributed by atoms with Crippen LogP contribution in [0.5, 0.6) is 11.5 Å². The van der Waals surface area contributed by atoms with Crippen LogP contribution in [0.2, 0.25) is 0 Å². The van der Waals surface area contributed by atoms with E-state index >= 15 is 0 Å². The molecular weight excluding hydrogens is 622 g/mol. The first-order valence-electron chi connectivity index (χ1n) is 15.2. The van der Waals surface area contributed by atoms with Crippen LogP contribution in [0.15, 0.2) is 53.2 Å². The maximum absolute atomic E-state index is 13.2. The number of fused-ring (bicyclic) bond motifs is 2. The summed E-state index contributed by atoms with van der Waals surface area (Å²) in [6, 6.07) is 2.70. The maximum atomic E-state index is 13.2. The molecule has 1 aliphatic heterocycles. The lowest BCUT2D eigenvalue weighted by molar-refractivity contribution is -0.112. The summed E-state index contributed by atoms with van der Waals surface area (Å²) >= 11 is 0. The van der Waals surface area contributed by atoms with Crippen molar-refractivity contribution >= 4 is 35.4 Å². The van der Waals surface area contributed by atoms with E-state index < -0.39 is 59.7 Å². The zero-order chi connectivity index (χ0) is 35.9. The van der Waals surface area contributed by atoms with Crippen molar-refractivity contribution in [1.82, 2.24) is 9.78 Å². The Morgan fingerprint density at radius 3 is 2.40 bits per heavy atom. The van der Waals surface area contributed by atoms with Crippen molar-refractivity contribution in [2.45, 2.75) is 65.5 Å². The van der Waals surface area contributed by atoms with Crippen LogP contribution in [0.25, 0.3) is 6.08 Å². The number of ether oxygens (including phenoxy) is 3. The smallest absolute Gasteiger partial charge is 0.405 e. The number of aromatic hydroxyl groups is 2. The van der Waals surface area contributed by atoms with Gasteiger partial charge >= 0.3 is 6.09 Å². The first-order valence-corrected chi connectivity index (χ1v) is 15.2. The molecule has 5 unspecified atom stereocenters. The van der Waals surface area contributed by atoms with E-state index in [9.17, 15) is 29.7 Å². The first-order chi connectivity index (χ1) is 22.6. The second kappa shape index (κ2) is 16.3. The van der Waals surface area contributed by atoms with E-state index in [2.05, 4.69) is 15.7 Å². The second-order valence-electron chi connectivity index (χ2n) is 11.8. The average molecular weight is 668 g/mol. The highest BCUT2D eigenvalue weighted by atomic mass is 16.6. The standard InChI is InChI=1S/C34H45N5O9/c1-17-12-22-28(37-33(44)24-15-21(5)38-39(24)6)25(40)16-23(30(22)42)36-32(43)18(2)10-9-11-26(46-7)31(48-34(35)45)20(4)14-19(3)29(41)27(13-17)47-8/h9-12,14-16,19,26-27,29,31,40-42H,13H2,1-8H3,(H2,35,45)(H,36,43)(H,37,44). The lowest BCUT2D eigenvalue weighted by Crippen LogP contribution is -2.36. The molecule has 0 fully saturated rings. The molecule has 5 atom stereocenters. The molecule has 48 heavy (non-hydrogen) atoms. The Bertz CT molecular complexity index is 1660. The van der Waals surface area contributed by atoms with Crippen LogP contribution in [0.4, 0.5) is 16.2 Å². The number of amides is 3. The van der Waals surface area contributed by atoms with E-state index in [1.165, 1.54) is 44.1 Å². The van der Waals surface area contributed by atoms with Gasteiger partial charge in [-0.1, -0.05) is 36.8 Å². The summed E-state index contributed by atoms with van der Waals surface area (Å²) in [6.07, 6.45) is 3.43. The quantitative estimate of drug-likeness (QED) is 0.153. The fraction of sp³-hybridized carbons (Fsp3) is 0.412. The number of phenols is 2. The Morgan fingerprint density at radius 1 is 1.12 bits per heavy atom. The molecule has 2 heterocycles. The Hall–Kier alpha value is -4.92. The number of carbonyl (C=O) groups is 3. The van der Waals surface area contributed by atoms with Crippen molar-refractivity contribution in [3.63, 3.8) is 0 Å². The number of nitrogens with zero attached hydrogens (tertiary/aromatic N) is 2. The third-order valence-electron chi connectivity index (χ3n) is 7.97. The van der Waals surface area contributed by atoms with Crippen molar-refractivity contribution < 1.29 is 43.9 Å². The zero-order valence-corrected chi connectivity index (χ0v) is 28.4. The predicted octanol–water partition coefficient (Wildman–Crippen LogP) is 4.08. The molecule has 260 valence electrons. The highest BCUT2D eigenvalue weighted by Gasteiger charge is 2.29. The fourth-order valence-electron chi connectivity index (χ4n) is 5.41. The molecule has 1 aromatic heterocycles. The van der Waals surface area contributed by atoms with E-state index in [4.69, 9.17) is 19.9 Å². The van der Waals surface area contributed by atoms with Gasteiger partial charge in [0.2, 0.25) is 0 Å². The van der Waals surface area contributed by atoms with Gasteiger partial charge in [0.05, 0.1) is 29.3 Å². The molecule has 2 bridgehead atoms. The van der Waals surface area contributed by atoms with Crippen molar-refractivity contribution in [1.29, 1.82) is 0 Å². The fourth-order valence-corrected chi connectivity index (χ4v) is 5.41. The number of phenolic OH excluding ortho intramolecular Hbond substituents is 2. The number of aliphatic hydroxyl groups excluding tert-OH is 1. The number of aromatic nitrogens is 2. The SMILES string of the molecule is COC1C=CC=C(C)C(=O)Nc2cc(O)c(NC(=O)c3cc(C)nn3C)c(c2O)C=C(C)CC(OC)C(O)C(C)C=C(C)C1OC(N)=O. The molecule has 14 nitrogen and oxygen atoms in total. The largest absolute Gasteiger partial charge is 0.506 e. The molecular formula is C34H45N5O9. The number of hydrogen-bond donors (Lipinski definition) is 6. The minimum atomic E-state index is -1.05. The van der Waals surface area contributed by atoms with Gasteiger partial charge in [-0.15, -0.1) is 0 Å². The number of primary amides is 1. The molecule has 0 spiro atoms. The van der Waals surface area contributed by atoms with Gasteiger partial charge in [0.25, 0.3) is 11.8 Å². The summed E-state index contributed by atoms with van der Waals surface area (Å²) < 4.78 is 18.0. The monoisotopic (exact) mass is 667 g/mol. The molecule has 1 aliphatic rings. The van der Waals surface area contributed by atoms with Gasteiger partial charge in [-0.3, -0.25) is 14.3 Å². The lowest BCUT2D eigenvalue weighted by atomic mass is 9.91. The predicted molar refractivity (Wildman–Crippen MR) is 180 cm³/mol. The Labute approximate surface area is 279 Å². The Balaban J connectivity index is 2.19. The molecule has 0 saturated carbocycles. The minimum Gasteiger partial charge on any atom is -0.506 e. The van der Waals surface area contributed by atoms with Crippen LogP contribution in [-0.4, -0.2) is 81.6 Å². The number of benzene rings is 1. The van der Waals surface area contributed by atoms with Crippen molar-refractivity contribution in [2.24, 2.45) is 18.7 Å². The van der Waals surface area contributed by atoms with E-state index in [-0.39, 0.29) is 34.6 Å². The summed E-state index contributed by atoms with van der Waals surface area (Å²) in [6.45, 7) is 8.47. The maximum Gasteiger partial charge on any atom is 0.405 e. The highest BCUT2D eigenvalue weighted by Crippen LogP contribution is 2.42. The average Bonchev–Trinajstić information content (AvgIpc) is 3.37. The van der Waals surface area contributed by atoms with Crippen LogP contribution >= 0.6 is 0 Å². The number of anilines is 2. The normalized spacial score (nSPS) is 22.6.